The minimum Gasteiger partial charge on any atom is -0.351 e. The van der Waals surface area contributed by atoms with E-state index < -0.39 is 11.7 Å². The van der Waals surface area contributed by atoms with E-state index in [2.05, 4.69) is 15.1 Å². The third kappa shape index (κ3) is 5.12. The molecule has 3 aromatic carbocycles. The number of aromatic nitrogens is 2. The predicted molar refractivity (Wildman–Crippen MR) is 133 cm³/mol. The van der Waals surface area contributed by atoms with Crippen molar-refractivity contribution in [3.63, 3.8) is 0 Å². The molecule has 0 aliphatic carbocycles. The molecule has 1 amide bonds. The maximum Gasteiger partial charge on any atom is 0.416 e. The molecule has 5 nitrogen and oxygen atoms in total. The molecule has 0 radical (unpaired) electrons. The molecule has 0 saturated carbocycles. The molecule has 4 aromatic rings. The van der Waals surface area contributed by atoms with Crippen LogP contribution in [-0.4, -0.2) is 46.7 Å². The number of hydrogen-bond donors (Lipinski definition) is 0. The van der Waals surface area contributed by atoms with Crippen LogP contribution in [0.5, 0.6) is 0 Å². The van der Waals surface area contributed by atoms with E-state index in [0.717, 1.165) is 28.5 Å². The van der Waals surface area contributed by atoms with Crippen LogP contribution in [0.4, 0.5) is 23.4 Å². The molecular weight excluding hydrogens is 484 g/mol. The molecule has 1 aliphatic rings. The predicted octanol–water partition coefficient (Wildman–Crippen LogP) is 5.73. The van der Waals surface area contributed by atoms with Crippen molar-refractivity contribution in [3.05, 3.63) is 89.7 Å². The van der Waals surface area contributed by atoms with Crippen molar-refractivity contribution in [1.82, 2.24) is 15.1 Å². The standard InChI is InChI=1S/C28H24F4N4O/c1-18-17-35(14-15-36(18)25(37)16-19-6-12-22(29)13-7-19)27-24-5-3-2-4-23(24)26(33-34-27)20-8-10-21(11-9-20)28(30,31)32/h2-13,18H,14-17H2,1H3/t18-/m0/s1. The quantitative estimate of drug-likeness (QED) is 0.330. The Morgan fingerprint density at radius 3 is 2.24 bits per heavy atom. The number of amides is 1. The van der Waals surface area contributed by atoms with Gasteiger partial charge >= 0.3 is 6.18 Å². The maximum atomic E-state index is 13.2. The Hall–Kier alpha value is -4.01. The Morgan fingerprint density at radius 2 is 1.59 bits per heavy atom. The highest BCUT2D eigenvalue weighted by molar-refractivity contribution is 6.00. The van der Waals surface area contributed by atoms with Gasteiger partial charge in [0.1, 0.15) is 11.5 Å². The second kappa shape index (κ2) is 9.80. The molecule has 0 bridgehead atoms. The molecule has 5 rings (SSSR count). The summed E-state index contributed by atoms with van der Waals surface area (Å²) in [7, 11) is 0. The van der Waals surface area contributed by atoms with Crippen LogP contribution >= 0.6 is 0 Å². The van der Waals surface area contributed by atoms with E-state index >= 15 is 0 Å². The number of halogens is 4. The first kappa shape index (κ1) is 24.7. The average Bonchev–Trinajstić information content (AvgIpc) is 2.89. The number of alkyl halides is 3. The van der Waals surface area contributed by atoms with E-state index in [0.29, 0.717) is 36.7 Å². The monoisotopic (exact) mass is 508 g/mol. The van der Waals surface area contributed by atoms with Gasteiger partial charge in [-0.25, -0.2) is 4.39 Å². The molecule has 1 fully saturated rings. The second-order valence-corrected chi connectivity index (χ2v) is 9.18. The molecular formula is C28H24F4N4O. The highest BCUT2D eigenvalue weighted by Gasteiger charge is 2.31. The van der Waals surface area contributed by atoms with E-state index in [1.165, 1.54) is 24.3 Å². The zero-order valence-electron chi connectivity index (χ0n) is 20.0. The fourth-order valence-electron chi connectivity index (χ4n) is 4.75. The van der Waals surface area contributed by atoms with Gasteiger partial charge in [0.05, 0.1) is 12.0 Å². The molecule has 0 unspecified atom stereocenters. The Kier molecular flexibility index (Phi) is 6.54. The summed E-state index contributed by atoms with van der Waals surface area (Å²) in [5.41, 5.74) is 1.10. The molecule has 2 heterocycles. The fourth-order valence-corrected chi connectivity index (χ4v) is 4.75. The smallest absolute Gasteiger partial charge is 0.351 e. The van der Waals surface area contributed by atoms with Crippen molar-refractivity contribution in [2.24, 2.45) is 0 Å². The number of carbonyl (C=O) groups excluding carboxylic acids is 1. The molecule has 1 aromatic heterocycles. The Balaban J connectivity index is 1.37. The molecule has 0 spiro atoms. The third-order valence-corrected chi connectivity index (χ3v) is 6.67. The van der Waals surface area contributed by atoms with Crippen molar-refractivity contribution >= 4 is 22.5 Å². The van der Waals surface area contributed by atoms with E-state index in [1.54, 1.807) is 12.1 Å². The van der Waals surface area contributed by atoms with Crippen molar-refractivity contribution in [2.75, 3.05) is 24.5 Å². The van der Waals surface area contributed by atoms with Gasteiger partial charge in [-0.05, 0) is 36.8 Å². The topological polar surface area (TPSA) is 49.3 Å². The Labute approximate surface area is 211 Å². The van der Waals surface area contributed by atoms with Crippen molar-refractivity contribution < 1.29 is 22.4 Å². The van der Waals surface area contributed by atoms with Crippen LogP contribution in [0.25, 0.3) is 22.0 Å². The lowest BCUT2D eigenvalue weighted by molar-refractivity contribution is -0.137. The number of fused-ring (bicyclic) bond motifs is 1. The largest absolute Gasteiger partial charge is 0.416 e. The summed E-state index contributed by atoms with van der Waals surface area (Å²) in [6.07, 6.45) is -4.20. The van der Waals surface area contributed by atoms with E-state index in [1.807, 2.05) is 36.1 Å². The zero-order chi connectivity index (χ0) is 26.2. The molecule has 1 atom stereocenters. The highest BCUT2D eigenvalue weighted by Crippen LogP contribution is 2.34. The van der Waals surface area contributed by atoms with Crippen molar-refractivity contribution in [3.8, 4) is 11.3 Å². The van der Waals surface area contributed by atoms with Crippen LogP contribution in [-0.2, 0) is 17.4 Å². The number of hydrogen-bond acceptors (Lipinski definition) is 4. The normalized spacial score (nSPS) is 16.3. The first-order chi connectivity index (χ1) is 17.7. The molecule has 1 aliphatic heterocycles. The van der Waals surface area contributed by atoms with Crippen LogP contribution in [0.3, 0.4) is 0 Å². The lowest BCUT2D eigenvalue weighted by atomic mass is 10.0. The van der Waals surface area contributed by atoms with Gasteiger partial charge in [0, 0.05) is 42.0 Å². The lowest BCUT2D eigenvalue weighted by Gasteiger charge is -2.40. The number of benzene rings is 3. The van der Waals surface area contributed by atoms with Crippen molar-refractivity contribution in [2.45, 2.75) is 25.6 Å². The first-order valence-corrected chi connectivity index (χ1v) is 11.9. The minimum atomic E-state index is -4.41. The van der Waals surface area contributed by atoms with Crippen LogP contribution in [0, 0.1) is 5.82 Å². The summed E-state index contributed by atoms with van der Waals surface area (Å²) in [5, 5.41) is 10.5. The molecule has 1 saturated heterocycles. The van der Waals surface area contributed by atoms with Gasteiger partial charge in [0.15, 0.2) is 5.82 Å². The Bertz CT molecular complexity index is 1420. The van der Waals surface area contributed by atoms with Crippen LogP contribution < -0.4 is 4.90 Å². The summed E-state index contributed by atoms with van der Waals surface area (Å²) in [6.45, 7) is 3.57. The van der Waals surface area contributed by atoms with Gasteiger partial charge in [0.2, 0.25) is 5.91 Å². The van der Waals surface area contributed by atoms with Crippen LogP contribution in [0.2, 0.25) is 0 Å². The molecule has 190 valence electrons. The van der Waals surface area contributed by atoms with E-state index in [4.69, 9.17) is 0 Å². The second-order valence-electron chi connectivity index (χ2n) is 9.18. The highest BCUT2D eigenvalue weighted by atomic mass is 19.4. The van der Waals surface area contributed by atoms with Gasteiger partial charge in [-0.1, -0.05) is 48.5 Å². The van der Waals surface area contributed by atoms with Gasteiger partial charge in [-0.3, -0.25) is 4.79 Å². The average molecular weight is 509 g/mol. The number of carbonyl (C=O) groups is 1. The van der Waals surface area contributed by atoms with E-state index in [-0.39, 0.29) is 24.2 Å². The maximum absolute atomic E-state index is 13.2. The summed E-state index contributed by atoms with van der Waals surface area (Å²) >= 11 is 0. The summed E-state index contributed by atoms with van der Waals surface area (Å²) < 4.78 is 52.2. The lowest BCUT2D eigenvalue weighted by Crippen LogP contribution is -2.54. The number of piperazine rings is 1. The number of rotatable bonds is 4. The minimum absolute atomic E-state index is 0.0210. The van der Waals surface area contributed by atoms with Gasteiger partial charge < -0.3 is 9.80 Å². The number of anilines is 1. The molecule has 9 heteroatoms. The zero-order valence-corrected chi connectivity index (χ0v) is 20.0. The molecule has 0 N–H and O–H groups in total. The van der Waals surface area contributed by atoms with Gasteiger partial charge in [0.25, 0.3) is 0 Å². The third-order valence-electron chi connectivity index (χ3n) is 6.67. The first-order valence-electron chi connectivity index (χ1n) is 11.9. The number of nitrogens with zero attached hydrogens (tertiary/aromatic N) is 4. The Morgan fingerprint density at radius 1 is 0.919 bits per heavy atom. The van der Waals surface area contributed by atoms with Gasteiger partial charge in [-0.2, -0.15) is 13.2 Å². The van der Waals surface area contributed by atoms with Gasteiger partial charge in [-0.15, -0.1) is 10.2 Å². The van der Waals surface area contributed by atoms with E-state index in [9.17, 15) is 22.4 Å². The molecule has 37 heavy (non-hydrogen) atoms. The fraction of sp³-hybridized carbons (Fsp3) is 0.250. The summed E-state index contributed by atoms with van der Waals surface area (Å²) in [6, 6.07) is 18.3. The van der Waals surface area contributed by atoms with Crippen LogP contribution in [0.1, 0.15) is 18.1 Å². The van der Waals surface area contributed by atoms with Crippen molar-refractivity contribution in [1.29, 1.82) is 0 Å². The summed E-state index contributed by atoms with van der Waals surface area (Å²) in [4.78, 5) is 16.8. The SMILES string of the molecule is C[C@H]1CN(c2nnc(-c3ccc(C(F)(F)F)cc3)c3ccccc23)CCN1C(=O)Cc1ccc(F)cc1. The van der Waals surface area contributed by atoms with Crippen LogP contribution in [0.15, 0.2) is 72.8 Å². The summed E-state index contributed by atoms with van der Waals surface area (Å²) in [5.74, 6) is 0.312.